The zero-order chi connectivity index (χ0) is 26.0. The molecular weight excluding hydrogens is 456 g/mol. The molecule has 1 atom stereocenters. The van der Waals surface area contributed by atoms with Crippen LogP contribution in [-0.4, -0.2) is 28.8 Å². The summed E-state index contributed by atoms with van der Waals surface area (Å²) in [7, 11) is 0. The lowest BCUT2D eigenvalue weighted by molar-refractivity contribution is -0.141. The second kappa shape index (κ2) is 13.2. The first-order valence-electron chi connectivity index (χ1n) is 13.7. The van der Waals surface area contributed by atoms with Crippen LogP contribution in [0.3, 0.4) is 0 Å². The summed E-state index contributed by atoms with van der Waals surface area (Å²) < 4.78 is 0. The molecule has 3 aromatic rings. The number of hydrogen-bond donors (Lipinski definition) is 1. The van der Waals surface area contributed by atoms with Crippen molar-refractivity contribution < 1.29 is 9.59 Å². The van der Waals surface area contributed by atoms with Crippen LogP contribution in [0.25, 0.3) is 0 Å². The highest BCUT2D eigenvalue weighted by atomic mass is 16.2. The third-order valence-corrected chi connectivity index (χ3v) is 7.44. The lowest BCUT2D eigenvalue weighted by Crippen LogP contribution is -2.52. The fraction of sp³-hybridized carbons (Fsp3) is 0.394. The first-order chi connectivity index (χ1) is 18.0. The predicted octanol–water partition coefficient (Wildman–Crippen LogP) is 6.33. The minimum atomic E-state index is -0.559. The smallest absolute Gasteiger partial charge is 0.243 e. The highest BCUT2D eigenvalue weighted by Crippen LogP contribution is 2.21. The van der Waals surface area contributed by atoms with E-state index >= 15 is 0 Å². The molecular formula is C33H40N2O2. The summed E-state index contributed by atoms with van der Waals surface area (Å²) in [4.78, 5) is 29.5. The van der Waals surface area contributed by atoms with E-state index in [1.165, 1.54) is 17.5 Å². The van der Waals surface area contributed by atoms with Crippen molar-refractivity contribution in [3.63, 3.8) is 0 Å². The van der Waals surface area contributed by atoms with E-state index in [1.54, 1.807) is 0 Å². The van der Waals surface area contributed by atoms with Crippen LogP contribution in [0.5, 0.6) is 0 Å². The van der Waals surface area contributed by atoms with Crippen LogP contribution in [0.2, 0.25) is 0 Å². The molecule has 1 aliphatic rings. The van der Waals surface area contributed by atoms with Crippen molar-refractivity contribution in [2.75, 3.05) is 0 Å². The minimum Gasteiger partial charge on any atom is -0.352 e. The van der Waals surface area contributed by atoms with Gasteiger partial charge in [-0.25, -0.2) is 0 Å². The average molecular weight is 497 g/mol. The third kappa shape index (κ3) is 8.04. The van der Waals surface area contributed by atoms with Gasteiger partial charge in [0.25, 0.3) is 0 Å². The Labute approximate surface area is 222 Å². The maximum Gasteiger partial charge on any atom is 0.243 e. The van der Waals surface area contributed by atoms with Crippen molar-refractivity contribution in [1.29, 1.82) is 0 Å². The number of rotatable bonds is 10. The molecule has 1 aliphatic carbocycles. The summed E-state index contributed by atoms with van der Waals surface area (Å²) in [6.07, 6.45) is 7.10. The van der Waals surface area contributed by atoms with Crippen molar-refractivity contribution in [1.82, 2.24) is 10.2 Å². The number of aryl methyl sites for hydroxylation is 3. The van der Waals surface area contributed by atoms with Gasteiger partial charge in [0.15, 0.2) is 0 Å². The Morgan fingerprint density at radius 2 is 1.38 bits per heavy atom. The van der Waals surface area contributed by atoms with E-state index in [9.17, 15) is 9.59 Å². The van der Waals surface area contributed by atoms with E-state index in [2.05, 4.69) is 67.7 Å². The average Bonchev–Trinajstić information content (AvgIpc) is 2.92. The molecule has 1 saturated carbocycles. The largest absolute Gasteiger partial charge is 0.352 e. The molecule has 3 aromatic carbocycles. The quantitative estimate of drug-likeness (QED) is 0.357. The molecule has 37 heavy (non-hydrogen) atoms. The van der Waals surface area contributed by atoms with Gasteiger partial charge in [0, 0.05) is 25.4 Å². The SMILES string of the molecule is Cc1ccc(CCC(=O)N(Cc2ccc(C)cc2)C(Cc2ccccc2)C(=O)NC2CCCCC2)cc1. The zero-order valence-electron chi connectivity index (χ0n) is 22.3. The van der Waals surface area contributed by atoms with Crippen LogP contribution in [0.4, 0.5) is 0 Å². The van der Waals surface area contributed by atoms with Crippen molar-refractivity contribution in [2.45, 2.75) is 83.8 Å². The summed E-state index contributed by atoms with van der Waals surface area (Å²) in [6.45, 7) is 4.55. The fourth-order valence-electron chi connectivity index (χ4n) is 5.14. The number of amides is 2. The molecule has 0 radical (unpaired) electrons. The molecule has 4 heteroatoms. The molecule has 1 fully saturated rings. The Bertz CT molecular complexity index is 1130. The summed E-state index contributed by atoms with van der Waals surface area (Å²) in [6, 6.07) is 26.3. The maximum absolute atomic E-state index is 13.8. The van der Waals surface area contributed by atoms with Crippen molar-refractivity contribution in [3.8, 4) is 0 Å². The van der Waals surface area contributed by atoms with Gasteiger partial charge in [-0.3, -0.25) is 9.59 Å². The first kappa shape index (κ1) is 26.7. The Kier molecular flexibility index (Phi) is 9.53. The standard InChI is InChI=1S/C33H40N2O2/c1-25-13-17-27(18-14-25)21-22-32(36)35(24-29-19-15-26(2)16-20-29)31(23-28-9-5-3-6-10-28)33(37)34-30-11-7-4-8-12-30/h3,5-6,9-10,13-20,30-31H,4,7-8,11-12,21-24H2,1-2H3,(H,34,37). The number of benzene rings is 3. The van der Waals surface area contributed by atoms with Gasteiger partial charge in [-0.1, -0.05) is 109 Å². The molecule has 0 bridgehead atoms. The molecule has 0 spiro atoms. The number of hydrogen-bond acceptors (Lipinski definition) is 2. The van der Waals surface area contributed by atoms with Crippen molar-refractivity contribution >= 4 is 11.8 Å². The van der Waals surface area contributed by atoms with Crippen LogP contribution in [0, 0.1) is 13.8 Å². The lowest BCUT2D eigenvalue weighted by Gasteiger charge is -2.33. The van der Waals surface area contributed by atoms with E-state index in [1.807, 2.05) is 35.2 Å². The topological polar surface area (TPSA) is 49.4 Å². The van der Waals surface area contributed by atoms with Crippen LogP contribution in [-0.2, 0) is 29.0 Å². The van der Waals surface area contributed by atoms with E-state index in [0.29, 0.717) is 25.8 Å². The Hall–Kier alpha value is -3.40. The summed E-state index contributed by atoms with van der Waals surface area (Å²) in [5.41, 5.74) is 5.63. The van der Waals surface area contributed by atoms with Gasteiger partial charge in [0.2, 0.25) is 11.8 Å². The molecule has 4 nitrogen and oxygen atoms in total. The normalized spacial score (nSPS) is 14.6. The van der Waals surface area contributed by atoms with Crippen LogP contribution in [0.1, 0.15) is 66.3 Å². The fourth-order valence-corrected chi connectivity index (χ4v) is 5.14. The van der Waals surface area contributed by atoms with Gasteiger partial charge >= 0.3 is 0 Å². The van der Waals surface area contributed by atoms with Crippen molar-refractivity contribution in [2.24, 2.45) is 0 Å². The van der Waals surface area contributed by atoms with Gasteiger partial charge in [-0.05, 0) is 49.8 Å². The molecule has 0 heterocycles. The monoisotopic (exact) mass is 496 g/mol. The second-order valence-corrected chi connectivity index (χ2v) is 10.5. The minimum absolute atomic E-state index is 0.0147. The Morgan fingerprint density at radius 1 is 0.784 bits per heavy atom. The van der Waals surface area contributed by atoms with Gasteiger partial charge < -0.3 is 10.2 Å². The molecule has 0 aromatic heterocycles. The van der Waals surface area contributed by atoms with Crippen molar-refractivity contribution in [3.05, 3.63) is 107 Å². The van der Waals surface area contributed by atoms with Crippen LogP contribution < -0.4 is 5.32 Å². The summed E-state index contributed by atoms with van der Waals surface area (Å²) in [5, 5.41) is 3.32. The van der Waals surface area contributed by atoms with Gasteiger partial charge in [-0.15, -0.1) is 0 Å². The van der Waals surface area contributed by atoms with Gasteiger partial charge in [0.1, 0.15) is 6.04 Å². The lowest BCUT2D eigenvalue weighted by atomic mass is 9.94. The van der Waals surface area contributed by atoms with Gasteiger partial charge in [0.05, 0.1) is 0 Å². The molecule has 0 aliphatic heterocycles. The highest BCUT2D eigenvalue weighted by Gasteiger charge is 2.31. The summed E-state index contributed by atoms with van der Waals surface area (Å²) >= 11 is 0. The molecule has 1 unspecified atom stereocenters. The van der Waals surface area contributed by atoms with E-state index < -0.39 is 6.04 Å². The first-order valence-corrected chi connectivity index (χ1v) is 13.7. The van der Waals surface area contributed by atoms with Gasteiger partial charge in [-0.2, -0.15) is 0 Å². The van der Waals surface area contributed by atoms with Crippen LogP contribution >= 0.6 is 0 Å². The molecule has 1 N–H and O–H groups in total. The molecule has 194 valence electrons. The number of nitrogens with one attached hydrogen (secondary N) is 1. The number of nitrogens with zero attached hydrogens (tertiary/aromatic N) is 1. The molecule has 0 saturated heterocycles. The zero-order valence-corrected chi connectivity index (χ0v) is 22.3. The predicted molar refractivity (Wildman–Crippen MR) is 150 cm³/mol. The number of carbonyl (C=O) groups excluding carboxylic acids is 2. The molecule has 4 rings (SSSR count). The van der Waals surface area contributed by atoms with Crippen LogP contribution in [0.15, 0.2) is 78.9 Å². The third-order valence-electron chi connectivity index (χ3n) is 7.44. The Morgan fingerprint density at radius 3 is 2.00 bits per heavy atom. The van der Waals surface area contributed by atoms with E-state index in [4.69, 9.17) is 0 Å². The highest BCUT2D eigenvalue weighted by molar-refractivity contribution is 5.88. The maximum atomic E-state index is 13.8. The molecule has 2 amide bonds. The van der Waals surface area contributed by atoms with E-state index in [-0.39, 0.29) is 17.9 Å². The second-order valence-electron chi connectivity index (χ2n) is 10.5. The van der Waals surface area contributed by atoms with E-state index in [0.717, 1.165) is 42.4 Å². The Balaban J connectivity index is 1.59. The summed E-state index contributed by atoms with van der Waals surface area (Å²) in [5.74, 6) is -0.0209. The number of carbonyl (C=O) groups is 2.